The average Bonchev–Trinajstić information content (AvgIpc) is 2.74. The van der Waals surface area contributed by atoms with Gasteiger partial charge in [0.15, 0.2) is 0 Å². The standard InChI is InChI=1S/C25H24ClIO/c1-19(20-6-3-2-4-7-20)18-25(21-8-12-23(27)13-9-21)22-10-14-24(15-11-22)28-17-5-16-26/h2-4,6-15,18,25H,5,16-17H2,1H3. The highest BCUT2D eigenvalue weighted by molar-refractivity contribution is 14.1. The minimum Gasteiger partial charge on any atom is -0.494 e. The van der Waals surface area contributed by atoms with Crippen LogP contribution in [-0.2, 0) is 0 Å². The van der Waals surface area contributed by atoms with Crippen molar-refractivity contribution in [2.45, 2.75) is 19.3 Å². The van der Waals surface area contributed by atoms with E-state index in [9.17, 15) is 0 Å². The second-order valence-electron chi connectivity index (χ2n) is 6.70. The second kappa shape index (κ2) is 10.7. The molecule has 1 atom stereocenters. The summed E-state index contributed by atoms with van der Waals surface area (Å²) in [7, 11) is 0. The van der Waals surface area contributed by atoms with Crippen LogP contribution in [-0.4, -0.2) is 12.5 Å². The lowest BCUT2D eigenvalue weighted by Gasteiger charge is -2.17. The quantitative estimate of drug-likeness (QED) is 0.176. The topological polar surface area (TPSA) is 9.23 Å². The van der Waals surface area contributed by atoms with Gasteiger partial charge in [0, 0.05) is 15.4 Å². The van der Waals surface area contributed by atoms with Crippen LogP contribution in [0.5, 0.6) is 5.75 Å². The highest BCUT2D eigenvalue weighted by Gasteiger charge is 2.13. The van der Waals surface area contributed by atoms with Crippen molar-refractivity contribution in [1.82, 2.24) is 0 Å². The van der Waals surface area contributed by atoms with Gasteiger partial charge in [0.2, 0.25) is 0 Å². The van der Waals surface area contributed by atoms with Crippen LogP contribution in [0.3, 0.4) is 0 Å². The number of halogens is 2. The fraction of sp³-hybridized carbons (Fsp3) is 0.200. The first-order chi connectivity index (χ1) is 13.7. The molecule has 1 unspecified atom stereocenters. The third kappa shape index (κ3) is 5.86. The Labute approximate surface area is 186 Å². The molecule has 0 aliphatic carbocycles. The molecule has 3 aromatic rings. The van der Waals surface area contributed by atoms with Gasteiger partial charge in [0.1, 0.15) is 5.75 Å². The fourth-order valence-corrected chi connectivity index (χ4v) is 3.59. The third-order valence-electron chi connectivity index (χ3n) is 4.66. The number of allylic oxidation sites excluding steroid dienone is 2. The zero-order valence-electron chi connectivity index (χ0n) is 15.9. The first-order valence-corrected chi connectivity index (χ1v) is 11.1. The van der Waals surface area contributed by atoms with Gasteiger partial charge in [-0.15, -0.1) is 11.6 Å². The molecule has 144 valence electrons. The van der Waals surface area contributed by atoms with Crippen LogP contribution in [0.1, 0.15) is 36.0 Å². The molecule has 28 heavy (non-hydrogen) atoms. The van der Waals surface area contributed by atoms with Crippen molar-refractivity contribution in [1.29, 1.82) is 0 Å². The van der Waals surface area contributed by atoms with Crippen LogP contribution in [0.25, 0.3) is 5.57 Å². The Kier molecular flexibility index (Phi) is 7.99. The maximum absolute atomic E-state index is 5.75. The Bertz CT molecular complexity index is 886. The van der Waals surface area contributed by atoms with Crippen molar-refractivity contribution in [3.05, 3.63) is 105 Å². The Morgan fingerprint density at radius 1 is 0.929 bits per heavy atom. The first-order valence-electron chi connectivity index (χ1n) is 9.45. The zero-order valence-corrected chi connectivity index (χ0v) is 18.9. The van der Waals surface area contributed by atoms with E-state index in [0.29, 0.717) is 12.5 Å². The fourth-order valence-electron chi connectivity index (χ4n) is 3.12. The van der Waals surface area contributed by atoms with Crippen molar-refractivity contribution in [3.8, 4) is 5.75 Å². The van der Waals surface area contributed by atoms with Crippen molar-refractivity contribution in [2.75, 3.05) is 12.5 Å². The summed E-state index contributed by atoms with van der Waals surface area (Å²) < 4.78 is 6.99. The van der Waals surface area contributed by atoms with Crippen molar-refractivity contribution < 1.29 is 4.74 Å². The van der Waals surface area contributed by atoms with E-state index in [4.69, 9.17) is 16.3 Å². The van der Waals surface area contributed by atoms with Crippen LogP contribution in [0.15, 0.2) is 84.9 Å². The molecule has 3 rings (SSSR count). The minimum atomic E-state index is 0.189. The van der Waals surface area contributed by atoms with Crippen molar-refractivity contribution >= 4 is 39.8 Å². The summed E-state index contributed by atoms with van der Waals surface area (Å²) in [6.45, 7) is 2.83. The molecule has 0 heterocycles. The molecule has 0 spiro atoms. The minimum absolute atomic E-state index is 0.189. The lowest BCUT2D eigenvalue weighted by atomic mass is 9.88. The van der Waals surface area contributed by atoms with Gasteiger partial charge in [0.05, 0.1) is 6.61 Å². The largest absolute Gasteiger partial charge is 0.494 e. The molecule has 0 amide bonds. The molecule has 3 aromatic carbocycles. The van der Waals surface area contributed by atoms with Crippen LogP contribution in [0.2, 0.25) is 0 Å². The number of ether oxygens (including phenoxy) is 1. The van der Waals surface area contributed by atoms with E-state index < -0.39 is 0 Å². The summed E-state index contributed by atoms with van der Waals surface area (Å²) in [5.41, 5.74) is 5.05. The lowest BCUT2D eigenvalue weighted by molar-refractivity contribution is 0.318. The Morgan fingerprint density at radius 3 is 2.14 bits per heavy atom. The number of rotatable bonds is 8. The molecule has 0 saturated carbocycles. The predicted octanol–water partition coefficient (Wildman–Crippen LogP) is 7.53. The molecule has 0 fully saturated rings. The Hall–Kier alpha value is -1.78. The molecular formula is C25H24ClIO. The Balaban J connectivity index is 1.91. The van der Waals surface area contributed by atoms with E-state index >= 15 is 0 Å². The SMILES string of the molecule is CC(=CC(c1ccc(I)cc1)c1ccc(OCCCCl)cc1)c1ccccc1. The summed E-state index contributed by atoms with van der Waals surface area (Å²) in [4.78, 5) is 0. The number of hydrogen-bond acceptors (Lipinski definition) is 1. The number of hydrogen-bond donors (Lipinski definition) is 0. The maximum Gasteiger partial charge on any atom is 0.119 e. The molecule has 0 N–H and O–H groups in total. The number of alkyl halides is 1. The summed E-state index contributed by atoms with van der Waals surface area (Å²) >= 11 is 8.07. The molecule has 0 aliphatic rings. The summed E-state index contributed by atoms with van der Waals surface area (Å²) in [6.07, 6.45) is 3.20. The predicted molar refractivity (Wildman–Crippen MR) is 128 cm³/mol. The van der Waals surface area contributed by atoms with Crippen LogP contribution >= 0.6 is 34.2 Å². The highest BCUT2D eigenvalue weighted by Crippen LogP contribution is 2.31. The van der Waals surface area contributed by atoms with Crippen molar-refractivity contribution in [3.63, 3.8) is 0 Å². The van der Waals surface area contributed by atoms with Gasteiger partial charge >= 0.3 is 0 Å². The van der Waals surface area contributed by atoms with Gasteiger partial charge in [-0.05, 0) is 82.5 Å². The average molecular weight is 503 g/mol. The lowest BCUT2D eigenvalue weighted by Crippen LogP contribution is -2.01. The molecule has 0 saturated heterocycles. The number of benzene rings is 3. The molecule has 0 aliphatic heterocycles. The third-order valence-corrected chi connectivity index (χ3v) is 5.65. The Morgan fingerprint density at radius 2 is 1.54 bits per heavy atom. The van der Waals surface area contributed by atoms with E-state index in [0.717, 1.165) is 12.2 Å². The van der Waals surface area contributed by atoms with Crippen LogP contribution in [0.4, 0.5) is 0 Å². The summed E-state index contributed by atoms with van der Waals surface area (Å²) in [5.74, 6) is 1.70. The van der Waals surface area contributed by atoms with Crippen LogP contribution < -0.4 is 4.74 Å². The van der Waals surface area contributed by atoms with E-state index in [1.165, 1.54) is 25.8 Å². The van der Waals surface area contributed by atoms with E-state index in [1.807, 2.05) is 0 Å². The maximum atomic E-state index is 5.75. The molecule has 0 radical (unpaired) electrons. The molecule has 0 aromatic heterocycles. The van der Waals surface area contributed by atoms with Gasteiger partial charge in [0.25, 0.3) is 0 Å². The highest BCUT2D eigenvalue weighted by atomic mass is 127. The molecular weight excluding hydrogens is 479 g/mol. The monoisotopic (exact) mass is 502 g/mol. The van der Waals surface area contributed by atoms with E-state index in [1.54, 1.807) is 0 Å². The van der Waals surface area contributed by atoms with Gasteiger partial charge in [-0.3, -0.25) is 0 Å². The molecule has 1 nitrogen and oxygen atoms in total. The smallest absolute Gasteiger partial charge is 0.119 e. The summed E-state index contributed by atoms with van der Waals surface area (Å²) in [6, 6.07) is 27.7. The second-order valence-corrected chi connectivity index (χ2v) is 8.33. The van der Waals surface area contributed by atoms with Gasteiger partial charge in [-0.25, -0.2) is 0 Å². The van der Waals surface area contributed by atoms with Gasteiger partial charge in [-0.2, -0.15) is 0 Å². The normalized spacial score (nSPS) is 12.6. The summed E-state index contributed by atoms with van der Waals surface area (Å²) in [5, 5.41) is 0. The van der Waals surface area contributed by atoms with Crippen molar-refractivity contribution in [2.24, 2.45) is 0 Å². The first kappa shape index (κ1) is 20.9. The molecule has 3 heteroatoms. The molecule has 0 bridgehead atoms. The van der Waals surface area contributed by atoms with Crippen LogP contribution in [0, 0.1) is 3.57 Å². The zero-order chi connectivity index (χ0) is 19.8. The van der Waals surface area contributed by atoms with E-state index in [2.05, 4.69) is 114 Å². The van der Waals surface area contributed by atoms with E-state index in [-0.39, 0.29) is 5.92 Å². The van der Waals surface area contributed by atoms with Gasteiger partial charge < -0.3 is 4.74 Å². The van der Waals surface area contributed by atoms with Gasteiger partial charge in [-0.1, -0.05) is 60.7 Å².